The Morgan fingerprint density at radius 1 is 1.41 bits per heavy atom. The second kappa shape index (κ2) is 5.31. The number of carbonyl (C=O) groups excluding carboxylic acids is 1. The molecule has 1 N–H and O–H groups in total. The number of amidine groups is 1. The minimum Gasteiger partial charge on any atom is -0.461 e. The van der Waals surface area contributed by atoms with Gasteiger partial charge in [0.25, 0.3) is 0 Å². The first kappa shape index (κ1) is 13.7. The molecule has 0 saturated carbocycles. The molecule has 0 spiro atoms. The van der Waals surface area contributed by atoms with Crippen molar-refractivity contribution < 1.29 is 14.6 Å². The summed E-state index contributed by atoms with van der Waals surface area (Å²) in [5.74, 6) is 0.0483. The molecule has 1 rings (SSSR count). The van der Waals surface area contributed by atoms with E-state index in [0.717, 1.165) is 6.42 Å². The molecule has 1 aliphatic heterocycles. The van der Waals surface area contributed by atoms with Crippen LogP contribution < -0.4 is 5.32 Å². The lowest BCUT2D eigenvalue weighted by atomic mass is 10.0. The second-order valence-electron chi connectivity index (χ2n) is 4.37. The Kier molecular flexibility index (Phi) is 4.28. The largest absolute Gasteiger partial charge is 0.461 e. The molecular formula is C12H19N2O3. The van der Waals surface area contributed by atoms with Gasteiger partial charge in [-0.3, -0.25) is 0 Å². The molecule has 0 unspecified atom stereocenters. The van der Waals surface area contributed by atoms with E-state index >= 15 is 0 Å². The van der Waals surface area contributed by atoms with Crippen molar-refractivity contribution in [2.45, 2.75) is 46.1 Å². The van der Waals surface area contributed by atoms with Crippen LogP contribution in [0.25, 0.3) is 0 Å². The summed E-state index contributed by atoms with van der Waals surface area (Å²) in [5.41, 5.74) is -0.775. The quantitative estimate of drug-likeness (QED) is 0.736. The van der Waals surface area contributed by atoms with E-state index in [2.05, 4.69) is 10.3 Å². The van der Waals surface area contributed by atoms with Crippen LogP contribution in [0.5, 0.6) is 0 Å². The predicted molar refractivity (Wildman–Crippen MR) is 64.4 cm³/mol. The Morgan fingerprint density at radius 2 is 2.06 bits per heavy atom. The molecule has 5 nitrogen and oxygen atoms in total. The molecule has 0 amide bonds. The van der Waals surface area contributed by atoms with Gasteiger partial charge in [-0.1, -0.05) is 6.92 Å². The van der Waals surface area contributed by atoms with Crippen molar-refractivity contribution in [2.24, 2.45) is 4.99 Å². The van der Waals surface area contributed by atoms with Crippen LogP contribution in [0, 0.1) is 0 Å². The fourth-order valence-electron chi connectivity index (χ4n) is 1.49. The summed E-state index contributed by atoms with van der Waals surface area (Å²) in [5, 5.41) is 14.1. The molecule has 1 heterocycles. The van der Waals surface area contributed by atoms with Crippen molar-refractivity contribution in [3.63, 3.8) is 0 Å². The Bertz CT molecular complexity index is 364. The van der Waals surface area contributed by atoms with Crippen molar-refractivity contribution in [1.82, 2.24) is 5.32 Å². The first-order valence-corrected chi connectivity index (χ1v) is 5.83. The average molecular weight is 239 g/mol. The Balaban J connectivity index is 2.97. The molecule has 0 fully saturated rings. The molecule has 0 aromatic rings. The van der Waals surface area contributed by atoms with Crippen LogP contribution in [-0.2, 0) is 9.53 Å². The lowest BCUT2D eigenvalue weighted by molar-refractivity contribution is -0.139. The SMILES string of the molecule is CCCC1=NC(C(C)(C)O)=C(C(=O)OCC)[N]1. The highest BCUT2D eigenvalue weighted by Crippen LogP contribution is 2.26. The second-order valence-corrected chi connectivity index (χ2v) is 4.37. The van der Waals surface area contributed by atoms with Crippen LogP contribution in [0.4, 0.5) is 0 Å². The minimum atomic E-state index is -1.19. The van der Waals surface area contributed by atoms with E-state index in [0.29, 0.717) is 18.0 Å². The third-order valence-electron chi connectivity index (χ3n) is 2.23. The summed E-state index contributed by atoms with van der Waals surface area (Å²) in [6.45, 7) is 7.17. The van der Waals surface area contributed by atoms with E-state index < -0.39 is 11.6 Å². The number of aliphatic hydroxyl groups is 1. The van der Waals surface area contributed by atoms with Gasteiger partial charge in [-0.25, -0.2) is 15.1 Å². The summed E-state index contributed by atoms with van der Waals surface area (Å²) in [4.78, 5) is 15.9. The molecule has 1 radical (unpaired) electrons. The van der Waals surface area contributed by atoms with E-state index in [1.54, 1.807) is 20.8 Å². The van der Waals surface area contributed by atoms with Crippen molar-refractivity contribution >= 4 is 11.8 Å². The van der Waals surface area contributed by atoms with Crippen molar-refractivity contribution in [1.29, 1.82) is 0 Å². The molecule has 1 aliphatic rings. The molecular weight excluding hydrogens is 220 g/mol. The van der Waals surface area contributed by atoms with Gasteiger partial charge in [0.2, 0.25) is 0 Å². The summed E-state index contributed by atoms with van der Waals surface area (Å²) < 4.78 is 4.90. The fourth-order valence-corrected chi connectivity index (χ4v) is 1.49. The van der Waals surface area contributed by atoms with Crippen molar-refractivity contribution in [3.8, 4) is 0 Å². The maximum atomic E-state index is 11.7. The summed E-state index contributed by atoms with van der Waals surface area (Å²) >= 11 is 0. The maximum absolute atomic E-state index is 11.7. The van der Waals surface area contributed by atoms with Gasteiger partial charge in [0.15, 0.2) is 5.70 Å². The summed E-state index contributed by atoms with van der Waals surface area (Å²) in [6, 6.07) is 0. The highest BCUT2D eigenvalue weighted by atomic mass is 16.5. The average Bonchev–Trinajstić information content (AvgIpc) is 2.62. The van der Waals surface area contributed by atoms with Gasteiger partial charge >= 0.3 is 5.97 Å². The fraction of sp³-hybridized carbons (Fsp3) is 0.667. The van der Waals surface area contributed by atoms with Crippen LogP contribution >= 0.6 is 0 Å². The summed E-state index contributed by atoms with van der Waals surface area (Å²) in [6.07, 6.45) is 1.57. The van der Waals surface area contributed by atoms with E-state index in [9.17, 15) is 9.90 Å². The monoisotopic (exact) mass is 239 g/mol. The van der Waals surface area contributed by atoms with Gasteiger partial charge < -0.3 is 9.84 Å². The van der Waals surface area contributed by atoms with Gasteiger partial charge in [-0.15, -0.1) is 0 Å². The van der Waals surface area contributed by atoms with Crippen molar-refractivity contribution in [2.75, 3.05) is 6.61 Å². The normalized spacial score (nSPS) is 15.7. The topological polar surface area (TPSA) is 73.0 Å². The minimum absolute atomic E-state index is 0.128. The molecule has 0 bridgehead atoms. The maximum Gasteiger partial charge on any atom is 0.359 e. The Labute approximate surface area is 102 Å². The Hall–Kier alpha value is -1.36. The molecule has 0 saturated heterocycles. The smallest absolute Gasteiger partial charge is 0.359 e. The molecule has 17 heavy (non-hydrogen) atoms. The zero-order valence-corrected chi connectivity index (χ0v) is 10.8. The molecule has 0 aromatic heterocycles. The lowest BCUT2D eigenvalue weighted by Gasteiger charge is -2.16. The van der Waals surface area contributed by atoms with Gasteiger partial charge in [0.1, 0.15) is 17.1 Å². The zero-order chi connectivity index (χ0) is 13.1. The predicted octanol–water partition coefficient (Wildman–Crippen LogP) is 1.35. The van der Waals surface area contributed by atoms with Gasteiger partial charge in [-0.05, 0) is 27.2 Å². The molecule has 0 aliphatic carbocycles. The van der Waals surface area contributed by atoms with Gasteiger partial charge in [0.05, 0.1) is 6.61 Å². The van der Waals surface area contributed by atoms with Crippen LogP contribution in [0.15, 0.2) is 16.4 Å². The first-order chi connectivity index (χ1) is 7.90. The van der Waals surface area contributed by atoms with Crippen LogP contribution in [0.3, 0.4) is 0 Å². The zero-order valence-electron chi connectivity index (χ0n) is 10.8. The third-order valence-corrected chi connectivity index (χ3v) is 2.23. The number of aliphatic imine (C=N–C) groups is 1. The third kappa shape index (κ3) is 3.30. The number of hydrogen-bond donors (Lipinski definition) is 1. The lowest BCUT2D eigenvalue weighted by Crippen LogP contribution is -2.25. The number of rotatable bonds is 5. The van der Waals surface area contributed by atoms with Crippen molar-refractivity contribution in [3.05, 3.63) is 11.4 Å². The molecule has 0 atom stereocenters. The van der Waals surface area contributed by atoms with E-state index in [4.69, 9.17) is 4.74 Å². The van der Waals surface area contributed by atoms with E-state index in [-0.39, 0.29) is 12.3 Å². The van der Waals surface area contributed by atoms with E-state index in [1.807, 2.05) is 6.92 Å². The number of nitrogens with zero attached hydrogens (tertiary/aromatic N) is 2. The number of esters is 1. The standard InChI is InChI=1S/C12H19N2O3/c1-5-7-8-13-9(11(15)17-6-2)10(14-8)12(3,4)16/h16H,5-7H2,1-4H3. The highest BCUT2D eigenvalue weighted by molar-refractivity contribution is 5.99. The van der Waals surface area contributed by atoms with Gasteiger partial charge in [-0.2, -0.15) is 0 Å². The van der Waals surface area contributed by atoms with Gasteiger partial charge in [0, 0.05) is 6.42 Å². The number of ether oxygens (including phenoxy) is 1. The first-order valence-electron chi connectivity index (χ1n) is 5.83. The molecule has 5 heteroatoms. The molecule has 0 aromatic carbocycles. The van der Waals surface area contributed by atoms with Crippen LogP contribution in [0.1, 0.15) is 40.5 Å². The Morgan fingerprint density at radius 3 is 2.53 bits per heavy atom. The van der Waals surface area contributed by atoms with Crippen LogP contribution in [0.2, 0.25) is 0 Å². The van der Waals surface area contributed by atoms with E-state index in [1.165, 1.54) is 0 Å². The summed E-state index contributed by atoms with van der Waals surface area (Å²) in [7, 11) is 0. The number of hydrogen-bond acceptors (Lipinski definition) is 4. The van der Waals surface area contributed by atoms with Crippen LogP contribution in [-0.4, -0.2) is 29.1 Å². The molecule has 95 valence electrons. The highest BCUT2D eigenvalue weighted by Gasteiger charge is 2.34. The number of carbonyl (C=O) groups is 1.